The monoisotopic (exact) mass is 616 g/mol. The topological polar surface area (TPSA) is 128 Å². The number of nitrogens with zero attached hydrogens (tertiary/aromatic N) is 1. The molecule has 1 heterocycles. The predicted molar refractivity (Wildman–Crippen MR) is 137 cm³/mol. The summed E-state index contributed by atoms with van der Waals surface area (Å²) < 4.78 is 40.9. The minimum atomic E-state index is -3.63. The molecule has 1 aliphatic heterocycles. The molecular formula is C23H25IN2O8S. The molecule has 0 aromatic heterocycles. The average molecular weight is 616 g/mol. The Bertz CT molecular complexity index is 1250. The van der Waals surface area contributed by atoms with Crippen LogP contribution in [0.2, 0.25) is 0 Å². The zero-order chi connectivity index (χ0) is 25.8. The van der Waals surface area contributed by atoms with Gasteiger partial charge in [0.2, 0.25) is 5.91 Å². The third kappa shape index (κ3) is 6.11. The van der Waals surface area contributed by atoms with E-state index in [0.29, 0.717) is 28.3 Å². The summed E-state index contributed by atoms with van der Waals surface area (Å²) in [6.45, 7) is 1.89. The van der Waals surface area contributed by atoms with E-state index in [-0.39, 0.29) is 23.4 Å². The molecule has 0 spiro atoms. The number of halogens is 1. The van der Waals surface area contributed by atoms with Crippen molar-refractivity contribution in [2.24, 2.45) is 0 Å². The lowest BCUT2D eigenvalue weighted by atomic mass is 10.1. The summed E-state index contributed by atoms with van der Waals surface area (Å²) in [7, 11) is -2.16. The minimum Gasteiger partial charge on any atom is -0.493 e. The fraction of sp³-hybridized carbons (Fsp3) is 0.348. The third-order valence-corrected chi connectivity index (χ3v) is 6.54. The normalized spacial score (nSPS) is 14.0. The maximum atomic E-state index is 13.5. The van der Waals surface area contributed by atoms with Crippen molar-refractivity contribution >= 4 is 55.8 Å². The summed E-state index contributed by atoms with van der Waals surface area (Å²) in [6.07, 6.45) is 1.03. The van der Waals surface area contributed by atoms with Crippen LogP contribution in [0, 0.1) is 0 Å². The molecule has 12 heteroatoms. The van der Waals surface area contributed by atoms with Crippen molar-refractivity contribution in [2.45, 2.75) is 13.0 Å². The van der Waals surface area contributed by atoms with Crippen molar-refractivity contribution < 1.29 is 37.0 Å². The fourth-order valence-electron chi connectivity index (χ4n) is 3.78. The molecule has 2 aromatic rings. The number of imide groups is 1. The maximum Gasteiger partial charge on any atom is 0.264 e. The van der Waals surface area contributed by atoms with Gasteiger partial charge in [-0.2, -0.15) is 0 Å². The minimum absolute atomic E-state index is 0.00244. The van der Waals surface area contributed by atoms with Gasteiger partial charge in [-0.25, -0.2) is 8.42 Å². The van der Waals surface area contributed by atoms with Gasteiger partial charge in [-0.1, -0.05) is 34.7 Å². The molecule has 3 amide bonds. The molecular weight excluding hydrogens is 591 g/mol. The van der Waals surface area contributed by atoms with Crippen LogP contribution in [0.15, 0.2) is 36.4 Å². The van der Waals surface area contributed by atoms with E-state index in [1.165, 1.54) is 25.3 Å². The Balaban J connectivity index is 2.06. The highest BCUT2D eigenvalue weighted by Crippen LogP contribution is 2.38. The summed E-state index contributed by atoms with van der Waals surface area (Å²) in [5, 5.41) is 2.59. The number of rotatable bonds is 11. The summed E-state index contributed by atoms with van der Waals surface area (Å²) >= 11 is 1.95. The summed E-state index contributed by atoms with van der Waals surface area (Å²) in [5.41, 5.74) is 0.598. The highest BCUT2D eigenvalue weighted by atomic mass is 127. The SMILES string of the molecule is CCOc1cc(C(CS(C)(=O)=O)N2C(=O)c3cccc(NC(=O)COCI)c3C2=O)ccc1OC. The number of anilines is 1. The molecule has 3 rings (SSSR count). The van der Waals surface area contributed by atoms with E-state index in [9.17, 15) is 22.8 Å². The quantitative estimate of drug-likeness (QED) is 0.232. The number of methoxy groups -OCH3 is 1. The number of fused-ring (bicyclic) bond motifs is 1. The van der Waals surface area contributed by atoms with E-state index < -0.39 is 39.4 Å². The van der Waals surface area contributed by atoms with Crippen LogP contribution < -0.4 is 14.8 Å². The van der Waals surface area contributed by atoms with Crippen LogP contribution >= 0.6 is 22.6 Å². The smallest absolute Gasteiger partial charge is 0.264 e. The number of hydrogen-bond donors (Lipinski definition) is 1. The van der Waals surface area contributed by atoms with Crippen molar-refractivity contribution in [3.8, 4) is 11.5 Å². The van der Waals surface area contributed by atoms with E-state index in [4.69, 9.17) is 14.2 Å². The van der Waals surface area contributed by atoms with Gasteiger partial charge < -0.3 is 19.5 Å². The number of nitrogens with one attached hydrogen (secondary N) is 1. The van der Waals surface area contributed by atoms with Crippen LogP contribution in [-0.4, -0.2) is 68.0 Å². The molecule has 1 atom stereocenters. The molecule has 1 unspecified atom stereocenters. The largest absolute Gasteiger partial charge is 0.493 e. The first-order valence-corrected chi connectivity index (χ1v) is 14.1. The average Bonchev–Trinajstić information content (AvgIpc) is 3.06. The third-order valence-electron chi connectivity index (χ3n) is 5.18. The Morgan fingerprint density at radius 2 is 1.89 bits per heavy atom. The molecule has 0 saturated carbocycles. The Labute approximate surface area is 217 Å². The van der Waals surface area contributed by atoms with Crippen molar-refractivity contribution in [3.05, 3.63) is 53.1 Å². The second-order valence-electron chi connectivity index (χ2n) is 7.67. The van der Waals surface area contributed by atoms with E-state index in [1.807, 2.05) is 22.6 Å². The van der Waals surface area contributed by atoms with Crippen molar-refractivity contribution in [1.29, 1.82) is 0 Å². The number of alkyl halides is 1. The number of hydrogen-bond acceptors (Lipinski definition) is 8. The molecule has 2 aromatic carbocycles. The van der Waals surface area contributed by atoms with Gasteiger partial charge in [0.25, 0.3) is 11.8 Å². The maximum absolute atomic E-state index is 13.5. The van der Waals surface area contributed by atoms with E-state index in [1.54, 1.807) is 25.1 Å². The van der Waals surface area contributed by atoms with Gasteiger partial charge in [-0.15, -0.1) is 0 Å². The van der Waals surface area contributed by atoms with Crippen LogP contribution in [0.3, 0.4) is 0 Å². The molecule has 1 N–H and O–H groups in total. The standard InChI is InChI=1S/C23H25IN2O8S/c1-4-34-19-10-14(8-9-18(19)32-2)17(12-35(3,30)31)26-22(28)15-6-5-7-16(21(15)23(26)29)25-20(27)11-33-13-24/h5-10,17H,4,11-13H2,1-3H3,(H,25,27). The van der Waals surface area contributed by atoms with Gasteiger partial charge in [0.1, 0.15) is 16.4 Å². The first-order valence-electron chi connectivity index (χ1n) is 10.5. The molecule has 0 saturated heterocycles. The number of benzene rings is 2. The van der Waals surface area contributed by atoms with Gasteiger partial charge in [-0.05, 0) is 36.8 Å². The van der Waals surface area contributed by atoms with Crippen molar-refractivity contribution in [3.63, 3.8) is 0 Å². The molecule has 1 aliphatic rings. The Morgan fingerprint density at radius 3 is 2.51 bits per heavy atom. The molecule has 188 valence electrons. The fourth-order valence-corrected chi connectivity index (χ4v) is 4.92. The van der Waals surface area contributed by atoms with Crippen LogP contribution in [-0.2, 0) is 19.4 Å². The van der Waals surface area contributed by atoms with Gasteiger partial charge in [0, 0.05) is 6.26 Å². The van der Waals surface area contributed by atoms with Gasteiger partial charge >= 0.3 is 0 Å². The second kappa shape index (κ2) is 11.4. The van der Waals surface area contributed by atoms with Gasteiger partial charge in [0.15, 0.2) is 11.5 Å². The Morgan fingerprint density at radius 1 is 1.14 bits per heavy atom. The number of amides is 3. The lowest BCUT2D eigenvalue weighted by molar-refractivity contribution is -0.119. The summed E-state index contributed by atoms with van der Waals surface area (Å²) in [4.78, 5) is 40.0. The summed E-state index contributed by atoms with van der Waals surface area (Å²) in [5.74, 6) is -1.58. The Kier molecular flexibility index (Phi) is 8.72. The molecule has 0 fully saturated rings. The predicted octanol–water partition coefficient (Wildman–Crippen LogP) is 2.82. The molecule has 10 nitrogen and oxygen atoms in total. The van der Waals surface area contributed by atoms with Crippen LogP contribution in [0.1, 0.15) is 39.2 Å². The van der Waals surface area contributed by atoms with E-state index in [0.717, 1.165) is 11.2 Å². The zero-order valence-electron chi connectivity index (χ0n) is 19.4. The van der Waals surface area contributed by atoms with Crippen LogP contribution in [0.5, 0.6) is 11.5 Å². The second-order valence-corrected chi connectivity index (χ2v) is 10.5. The molecule has 0 aliphatic carbocycles. The summed E-state index contributed by atoms with van der Waals surface area (Å²) in [6, 6.07) is 8.11. The number of carbonyl (C=O) groups excluding carboxylic acids is 3. The molecule has 0 bridgehead atoms. The van der Waals surface area contributed by atoms with Crippen molar-refractivity contribution in [2.75, 3.05) is 42.3 Å². The van der Waals surface area contributed by atoms with Crippen molar-refractivity contribution in [1.82, 2.24) is 4.90 Å². The number of carbonyl (C=O) groups is 3. The van der Waals surface area contributed by atoms with E-state index in [2.05, 4.69) is 5.32 Å². The van der Waals surface area contributed by atoms with Gasteiger partial charge in [-0.3, -0.25) is 19.3 Å². The lowest BCUT2D eigenvalue weighted by Crippen LogP contribution is -2.37. The first kappa shape index (κ1) is 26.9. The molecule has 0 radical (unpaired) electrons. The van der Waals surface area contributed by atoms with Crippen LogP contribution in [0.4, 0.5) is 5.69 Å². The highest BCUT2D eigenvalue weighted by Gasteiger charge is 2.43. The number of ether oxygens (including phenoxy) is 3. The Hall–Kier alpha value is -2.71. The van der Waals surface area contributed by atoms with Crippen LogP contribution in [0.25, 0.3) is 0 Å². The zero-order valence-corrected chi connectivity index (χ0v) is 22.3. The highest BCUT2D eigenvalue weighted by molar-refractivity contribution is 14.1. The van der Waals surface area contributed by atoms with Gasteiger partial charge in [0.05, 0.1) is 46.9 Å². The lowest BCUT2D eigenvalue weighted by Gasteiger charge is -2.27. The number of sulfone groups is 1. The molecule has 35 heavy (non-hydrogen) atoms. The first-order chi connectivity index (χ1) is 16.6. The van der Waals surface area contributed by atoms with E-state index >= 15 is 0 Å².